The average Bonchev–Trinajstić information content (AvgIpc) is 2.70. The van der Waals surface area contributed by atoms with E-state index in [0.29, 0.717) is 13.2 Å². The third-order valence-corrected chi connectivity index (χ3v) is 4.86. The maximum absolute atomic E-state index is 12.2. The van der Waals surface area contributed by atoms with Crippen LogP contribution in [0.1, 0.15) is 30.9 Å². The molecular weight excluding hydrogens is 338 g/mol. The molecule has 0 spiro atoms. The molecule has 0 saturated carbocycles. The van der Waals surface area contributed by atoms with Crippen LogP contribution in [0.3, 0.4) is 0 Å². The van der Waals surface area contributed by atoms with Crippen LogP contribution >= 0.6 is 0 Å². The number of urea groups is 1. The van der Waals surface area contributed by atoms with Gasteiger partial charge in [-0.3, -0.25) is 4.90 Å². The van der Waals surface area contributed by atoms with Gasteiger partial charge in [0.2, 0.25) is 0 Å². The van der Waals surface area contributed by atoms with Gasteiger partial charge in [0.15, 0.2) is 0 Å². The number of ether oxygens (including phenoxy) is 1. The van der Waals surface area contributed by atoms with E-state index in [1.165, 1.54) is 5.56 Å². The zero-order valence-corrected chi connectivity index (χ0v) is 16.0. The number of benzene rings is 2. The Bertz CT molecular complexity index is 695. The summed E-state index contributed by atoms with van der Waals surface area (Å²) in [6, 6.07) is 18.5. The molecule has 1 fully saturated rings. The van der Waals surface area contributed by atoms with Crippen LogP contribution in [0.4, 0.5) is 4.79 Å². The summed E-state index contributed by atoms with van der Waals surface area (Å²) in [5.41, 5.74) is 2.41. The highest BCUT2D eigenvalue weighted by molar-refractivity contribution is 5.74. The Labute approximate surface area is 161 Å². The summed E-state index contributed by atoms with van der Waals surface area (Å²) in [5, 5.41) is 6.05. The lowest BCUT2D eigenvalue weighted by Gasteiger charge is -2.32. The summed E-state index contributed by atoms with van der Waals surface area (Å²) in [6.45, 7) is 6.15. The predicted octanol–water partition coefficient (Wildman–Crippen LogP) is 3.55. The molecule has 2 N–H and O–H groups in total. The van der Waals surface area contributed by atoms with E-state index in [0.717, 1.165) is 43.8 Å². The van der Waals surface area contributed by atoms with Crippen LogP contribution in [-0.2, 0) is 13.1 Å². The lowest BCUT2D eigenvalue weighted by atomic mass is 10.0. The van der Waals surface area contributed by atoms with Crippen LogP contribution in [-0.4, -0.2) is 36.7 Å². The minimum Gasteiger partial charge on any atom is -0.494 e. The molecule has 5 heteroatoms. The molecular formula is C22H29N3O2. The first kappa shape index (κ1) is 19.2. The maximum Gasteiger partial charge on any atom is 0.315 e. The van der Waals surface area contributed by atoms with E-state index in [1.54, 1.807) is 0 Å². The van der Waals surface area contributed by atoms with E-state index in [1.807, 2.05) is 37.3 Å². The second-order valence-corrected chi connectivity index (χ2v) is 6.94. The molecule has 27 heavy (non-hydrogen) atoms. The van der Waals surface area contributed by atoms with Gasteiger partial charge < -0.3 is 15.4 Å². The van der Waals surface area contributed by atoms with E-state index >= 15 is 0 Å². The Balaban J connectivity index is 1.35. The van der Waals surface area contributed by atoms with Gasteiger partial charge in [0.1, 0.15) is 5.75 Å². The van der Waals surface area contributed by atoms with Crippen LogP contribution in [0, 0.1) is 0 Å². The summed E-state index contributed by atoms with van der Waals surface area (Å²) in [6.07, 6.45) is 1.98. The zero-order chi connectivity index (χ0) is 18.9. The molecule has 144 valence electrons. The third-order valence-electron chi connectivity index (χ3n) is 4.86. The summed E-state index contributed by atoms with van der Waals surface area (Å²) in [7, 11) is 0. The average molecular weight is 367 g/mol. The molecule has 5 nitrogen and oxygen atoms in total. The highest BCUT2D eigenvalue weighted by Crippen LogP contribution is 2.14. The van der Waals surface area contributed by atoms with Crippen LogP contribution < -0.4 is 15.4 Å². The minimum absolute atomic E-state index is 0.0922. The van der Waals surface area contributed by atoms with Crippen molar-refractivity contribution < 1.29 is 9.53 Å². The van der Waals surface area contributed by atoms with Crippen molar-refractivity contribution >= 4 is 6.03 Å². The molecule has 0 aromatic heterocycles. The SMILES string of the molecule is CCOc1ccc(CNC(=O)NC2CCN(Cc3ccccc3)CC2)cc1. The molecule has 1 saturated heterocycles. The Morgan fingerprint density at radius 1 is 1.04 bits per heavy atom. The highest BCUT2D eigenvalue weighted by Gasteiger charge is 2.20. The van der Waals surface area contributed by atoms with Crippen molar-refractivity contribution in [2.24, 2.45) is 0 Å². The van der Waals surface area contributed by atoms with Gasteiger partial charge in [-0.1, -0.05) is 42.5 Å². The topological polar surface area (TPSA) is 53.6 Å². The van der Waals surface area contributed by atoms with Crippen LogP contribution in [0.5, 0.6) is 5.75 Å². The van der Waals surface area contributed by atoms with Gasteiger partial charge in [0.25, 0.3) is 0 Å². The van der Waals surface area contributed by atoms with Gasteiger partial charge in [-0.05, 0) is 43.0 Å². The number of hydrogen-bond donors (Lipinski definition) is 2. The monoisotopic (exact) mass is 367 g/mol. The van der Waals surface area contributed by atoms with Gasteiger partial charge in [-0.15, -0.1) is 0 Å². The number of nitrogens with zero attached hydrogens (tertiary/aromatic N) is 1. The van der Waals surface area contributed by atoms with Crippen molar-refractivity contribution in [2.45, 2.75) is 38.9 Å². The summed E-state index contributed by atoms with van der Waals surface area (Å²) in [5.74, 6) is 0.855. The molecule has 1 heterocycles. The lowest BCUT2D eigenvalue weighted by Crippen LogP contribution is -2.47. The van der Waals surface area contributed by atoms with Crippen LogP contribution in [0.25, 0.3) is 0 Å². The second-order valence-electron chi connectivity index (χ2n) is 6.94. The number of piperidine rings is 1. The fourth-order valence-electron chi connectivity index (χ4n) is 3.37. The number of rotatable bonds is 7. The van der Waals surface area contributed by atoms with Gasteiger partial charge in [-0.2, -0.15) is 0 Å². The number of carbonyl (C=O) groups is 1. The lowest BCUT2D eigenvalue weighted by molar-refractivity contribution is 0.186. The molecule has 2 amide bonds. The fourth-order valence-corrected chi connectivity index (χ4v) is 3.37. The number of carbonyl (C=O) groups excluding carboxylic acids is 1. The Morgan fingerprint density at radius 2 is 1.74 bits per heavy atom. The Hall–Kier alpha value is -2.53. The quantitative estimate of drug-likeness (QED) is 0.787. The minimum atomic E-state index is -0.0922. The van der Waals surface area contributed by atoms with Crippen molar-refractivity contribution in [3.05, 3.63) is 65.7 Å². The Kier molecular flexibility index (Phi) is 7.11. The molecule has 2 aromatic rings. The summed E-state index contributed by atoms with van der Waals surface area (Å²) >= 11 is 0. The first-order valence-electron chi connectivity index (χ1n) is 9.75. The molecule has 3 rings (SSSR count). The number of amides is 2. The van der Waals surface area contributed by atoms with Gasteiger partial charge in [0.05, 0.1) is 6.61 Å². The van der Waals surface area contributed by atoms with E-state index in [9.17, 15) is 4.79 Å². The van der Waals surface area contributed by atoms with Gasteiger partial charge in [0, 0.05) is 32.2 Å². The molecule has 0 atom stereocenters. The Morgan fingerprint density at radius 3 is 2.41 bits per heavy atom. The molecule has 1 aliphatic heterocycles. The van der Waals surface area contributed by atoms with Crippen LogP contribution in [0.2, 0.25) is 0 Å². The summed E-state index contributed by atoms with van der Waals surface area (Å²) < 4.78 is 5.43. The van der Waals surface area contributed by atoms with E-state index in [2.05, 4.69) is 39.8 Å². The number of nitrogens with one attached hydrogen (secondary N) is 2. The van der Waals surface area contributed by atoms with Crippen LogP contribution in [0.15, 0.2) is 54.6 Å². The molecule has 0 aliphatic carbocycles. The molecule has 0 bridgehead atoms. The van der Waals surface area contributed by atoms with E-state index < -0.39 is 0 Å². The smallest absolute Gasteiger partial charge is 0.315 e. The first-order chi connectivity index (χ1) is 13.2. The normalized spacial score (nSPS) is 15.3. The first-order valence-corrected chi connectivity index (χ1v) is 9.75. The van der Waals surface area contributed by atoms with Crippen molar-refractivity contribution in [1.82, 2.24) is 15.5 Å². The number of likely N-dealkylation sites (tertiary alicyclic amines) is 1. The van der Waals surface area contributed by atoms with Crippen molar-refractivity contribution in [3.8, 4) is 5.75 Å². The molecule has 0 radical (unpaired) electrons. The van der Waals surface area contributed by atoms with Crippen molar-refractivity contribution in [1.29, 1.82) is 0 Å². The standard InChI is InChI=1S/C22H29N3O2/c1-2-27-21-10-8-18(9-11-21)16-23-22(26)24-20-12-14-25(15-13-20)17-19-6-4-3-5-7-19/h3-11,20H,2,12-17H2,1H3,(H2,23,24,26). The second kappa shape index (κ2) is 9.97. The van der Waals surface area contributed by atoms with Crippen molar-refractivity contribution in [3.63, 3.8) is 0 Å². The summed E-state index contributed by atoms with van der Waals surface area (Å²) in [4.78, 5) is 14.6. The third kappa shape index (κ3) is 6.29. The van der Waals surface area contributed by atoms with E-state index in [4.69, 9.17) is 4.74 Å². The maximum atomic E-state index is 12.2. The van der Waals surface area contributed by atoms with Gasteiger partial charge in [-0.25, -0.2) is 4.79 Å². The van der Waals surface area contributed by atoms with Crippen molar-refractivity contribution in [2.75, 3.05) is 19.7 Å². The fraction of sp³-hybridized carbons (Fsp3) is 0.409. The highest BCUT2D eigenvalue weighted by atomic mass is 16.5. The predicted molar refractivity (Wildman–Crippen MR) is 108 cm³/mol. The molecule has 1 aliphatic rings. The van der Waals surface area contributed by atoms with E-state index in [-0.39, 0.29) is 12.1 Å². The number of hydrogen-bond acceptors (Lipinski definition) is 3. The molecule has 0 unspecified atom stereocenters. The van der Waals surface area contributed by atoms with Gasteiger partial charge >= 0.3 is 6.03 Å². The largest absolute Gasteiger partial charge is 0.494 e. The zero-order valence-electron chi connectivity index (χ0n) is 16.0. The molecule has 2 aromatic carbocycles.